The monoisotopic (exact) mass is 291 g/mol. The molecule has 0 atom stereocenters. The molecular formula is C16H25N3O2. The van der Waals surface area contributed by atoms with E-state index < -0.39 is 0 Å². The van der Waals surface area contributed by atoms with Gasteiger partial charge in [-0.25, -0.2) is 0 Å². The lowest BCUT2D eigenvalue weighted by Crippen LogP contribution is -2.49. The third-order valence-electron chi connectivity index (χ3n) is 3.87. The van der Waals surface area contributed by atoms with Gasteiger partial charge in [0.05, 0.1) is 13.2 Å². The van der Waals surface area contributed by atoms with Crippen molar-refractivity contribution in [2.45, 2.75) is 13.3 Å². The number of hydrogen-bond donors (Lipinski definition) is 2. The average molecular weight is 291 g/mol. The first-order chi connectivity index (χ1) is 10.2. The molecule has 1 aromatic rings. The van der Waals surface area contributed by atoms with Gasteiger partial charge >= 0.3 is 0 Å². The molecule has 0 bridgehead atoms. The number of rotatable bonds is 6. The van der Waals surface area contributed by atoms with E-state index in [-0.39, 0.29) is 12.5 Å². The van der Waals surface area contributed by atoms with Gasteiger partial charge in [0.2, 0.25) is 5.91 Å². The highest BCUT2D eigenvalue weighted by Crippen LogP contribution is 2.11. The molecular weight excluding hydrogens is 266 g/mol. The van der Waals surface area contributed by atoms with Crippen LogP contribution in [0.2, 0.25) is 0 Å². The number of hydrogen-bond acceptors (Lipinski definition) is 4. The van der Waals surface area contributed by atoms with Gasteiger partial charge in [-0.2, -0.15) is 0 Å². The molecule has 2 N–H and O–H groups in total. The Kier molecular flexibility index (Phi) is 6.17. The summed E-state index contributed by atoms with van der Waals surface area (Å²) in [5, 5.41) is 11.9. The Bertz CT molecular complexity index is 457. The highest BCUT2D eigenvalue weighted by atomic mass is 16.3. The summed E-state index contributed by atoms with van der Waals surface area (Å²) < 4.78 is 0. The van der Waals surface area contributed by atoms with E-state index >= 15 is 0 Å². The lowest BCUT2D eigenvalue weighted by Gasteiger charge is -2.33. The van der Waals surface area contributed by atoms with Crippen molar-refractivity contribution in [2.75, 3.05) is 51.2 Å². The molecule has 1 aliphatic rings. The summed E-state index contributed by atoms with van der Waals surface area (Å²) in [6.45, 7) is 7.05. The summed E-state index contributed by atoms with van der Waals surface area (Å²) in [4.78, 5) is 16.5. The van der Waals surface area contributed by atoms with Crippen molar-refractivity contribution in [3.8, 4) is 0 Å². The van der Waals surface area contributed by atoms with Gasteiger partial charge < -0.3 is 10.4 Å². The van der Waals surface area contributed by atoms with Crippen molar-refractivity contribution in [2.24, 2.45) is 0 Å². The minimum atomic E-state index is 0.0406. The van der Waals surface area contributed by atoms with Crippen LogP contribution in [0.15, 0.2) is 24.3 Å². The first-order valence-corrected chi connectivity index (χ1v) is 7.65. The molecule has 1 heterocycles. The molecule has 0 unspecified atom stereocenters. The van der Waals surface area contributed by atoms with E-state index in [0.29, 0.717) is 6.54 Å². The molecule has 0 spiro atoms. The maximum absolute atomic E-state index is 12.1. The van der Waals surface area contributed by atoms with E-state index in [0.717, 1.165) is 44.8 Å². The number of aliphatic hydroxyl groups excluding tert-OH is 1. The van der Waals surface area contributed by atoms with Gasteiger partial charge in [-0.15, -0.1) is 0 Å². The number of β-amino-alcohol motifs (C(OH)–C–C–N with tert-alkyl or cyclic N) is 1. The van der Waals surface area contributed by atoms with Crippen LogP contribution in [0, 0.1) is 0 Å². The molecule has 2 rings (SSSR count). The van der Waals surface area contributed by atoms with Crippen LogP contribution < -0.4 is 5.32 Å². The second-order valence-corrected chi connectivity index (χ2v) is 5.44. The number of anilines is 1. The van der Waals surface area contributed by atoms with Gasteiger partial charge in [-0.3, -0.25) is 14.6 Å². The minimum Gasteiger partial charge on any atom is -0.395 e. The normalized spacial score (nSPS) is 16.9. The van der Waals surface area contributed by atoms with Gasteiger partial charge in [0.1, 0.15) is 0 Å². The van der Waals surface area contributed by atoms with E-state index in [9.17, 15) is 4.79 Å². The van der Waals surface area contributed by atoms with Crippen LogP contribution in [-0.2, 0) is 11.2 Å². The van der Waals surface area contributed by atoms with Crippen LogP contribution in [0.3, 0.4) is 0 Å². The van der Waals surface area contributed by atoms with Crippen molar-refractivity contribution in [1.82, 2.24) is 9.80 Å². The number of carbonyl (C=O) groups excluding carboxylic acids is 1. The van der Waals surface area contributed by atoms with Crippen LogP contribution in [0.1, 0.15) is 12.5 Å². The van der Waals surface area contributed by atoms with Gasteiger partial charge in [0.25, 0.3) is 0 Å². The molecule has 1 aromatic carbocycles. The smallest absolute Gasteiger partial charge is 0.238 e. The molecule has 0 aromatic heterocycles. The fraction of sp³-hybridized carbons (Fsp3) is 0.562. The van der Waals surface area contributed by atoms with Crippen molar-refractivity contribution in [1.29, 1.82) is 0 Å². The van der Waals surface area contributed by atoms with Crippen LogP contribution in [-0.4, -0.2) is 66.7 Å². The lowest BCUT2D eigenvalue weighted by molar-refractivity contribution is -0.117. The zero-order valence-corrected chi connectivity index (χ0v) is 12.7. The fourth-order valence-corrected chi connectivity index (χ4v) is 2.59. The topological polar surface area (TPSA) is 55.8 Å². The maximum atomic E-state index is 12.1. The third-order valence-corrected chi connectivity index (χ3v) is 3.87. The Labute approximate surface area is 126 Å². The van der Waals surface area contributed by atoms with E-state index in [1.807, 2.05) is 18.2 Å². The summed E-state index contributed by atoms with van der Waals surface area (Å²) in [6.07, 6.45) is 0.969. The Morgan fingerprint density at radius 1 is 1.24 bits per heavy atom. The predicted molar refractivity (Wildman–Crippen MR) is 84.4 cm³/mol. The van der Waals surface area contributed by atoms with Crippen LogP contribution in [0.25, 0.3) is 0 Å². The number of benzene rings is 1. The molecule has 5 nitrogen and oxygen atoms in total. The first kappa shape index (κ1) is 15.9. The van der Waals surface area contributed by atoms with Gasteiger partial charge in [-0.05, 0) is 24.1 Å². The fourth-order valence-electron chi connectivity index (χ4n) is 2.59. The third kappa shape index (κ3) is 5.12. The molecule has 1 fully saturated rings. The van der Waals surface area contributed by atoms with Gasteiger partial charge in [0, 0.05) is 38.4 Å². The van der Waals surface area contributed by atoms with Crippen molar-refractivity contribution < 1.29 is 9.90 Å². The Morgan fingerprint density at radius 3 is 2.62 bits per heavy atom. The summed E-state index contributed by atoms with van der Waals surface area (Å²) in [7, 11) is 0. The first-order valence-electron chi connectivity index (χ1n) is 7.65. The van der Waals surface area contributed by atoms with Crippen LogP contribution in [0.5, 0.6) is 0 Å². The predicted octanol–water partition coefficient (Wildman–Crippen LogP) is 0.797. The Balaban J connectivity index is 1.77. The summed E-state index contributed by atoms with van der Waals surface area (Å²) in [5.41, 5.74) is 2.10. The molecule has 21 heavy (non-hydrogen) atoms. The molecule has 1 amide bonds. The van der Waals surface area contributed by atoms with E-state index in [1.54, 1.807) is 0 Å². The van der Waals surface area contributed by atoms with E-state index in [1.165, 1.54) is 5.56 Å². The SMILES string of the molecule is CCc1cccc(NC(=O)CN2CCN(CCO)CC2)c1. The second-order valence-electron chi connectivity index (χ2n) is 5.44. The van der Waals surface area contributed by atoms with Crippen LogP contribution in [0.4, 0.5) is 5.69 Å². The molecule has 116 valence electrons. The van der Waals surface area contributed by atoms with Crippen LogP contribution >= 0.6 is 0 Å². The minimum absolute atomic E-state index is 0.0406. The Morgan fingerprint density at radius 2 is 1.95 bits per heavy atom. The van der Waals surface area contributed by atoms with Gasteiger partial charge in [-0.1, -0.05) is 19.1 Å². The standard InChI is InChI=1S/C16H25N3O2/c1-2-14-4-3-5-15(12-14)17-16(21)13-19-8-6-18(7-9-19)10-11-20/h3-5,12,20H,2,6-11,13H2,1H3,(H,17,21). The summed E-state index contributed by atoms with van der Waals surface area (Å²) in [6, 6.07) is 7.99. The Hall–Kier alpha value is -1.43. The van der Waals surface area contributed by atoms with Crippen molar-refractivity contribution in [3.63, 3.8) is 0 Å². The molecule has 0 saturated carbocycles. The maximum Gasteiger partial charge on any atom is 0.238 e. The number of aliphatic hydroxyl groups is 1. The van der Waals surface area contributed by atoms with E-state index in [2.05, 4.69) is 28.1 Å². The number of piperazine rings is 1. The molecule has 5 heteroatoms. The molecule has 0 aliphatic carbocycles. The number of aryl methyl sites for hydroxylation is 1. The second kappa shape index (κ2) is 8.12. The largest absolute Gasteiger partial charge is 0.395 e. The quantitative estimate of drug-likeness (QED) is 0.814. The molecule has 0 radical (unpaired) electrons. The average Bonchev–Trinajstić information content (AvgIpc) is 2.49. The summed E-state index contributed by atoms with van der Waals surface area (Å²) >= 11 is 0. The number of amides is 1. The van der Waals surface area contributed by atoms with Gasteiger partial charge in [0.15, 0.2) is 0 Å². The molecule has 1 saturated heterocycles. The number of nitrogens with zero attached hydrogens (tertiary/aromatic N) is 2. The van der Waals surface area contributed by atoms with Crippen molar-refractivity contribution in [3.05, 3.63) is 29.8 Å². The highest BCUT2D eigenvalue weighted by Gasteiger charge is 2.18. The number of nitrogens with one attached hydrogen (secondary N) is 1. The zero-order valence-electron chi connectivity index (χ0n) is 12.7. The zero-order chi connectivity index (χ0) is 15.1. The van der Waals surface area contributed by atoms with Crippen molar-refractivity contribution >= 4 is 11.6 Å². The lowest BCUT2D eigenvalue weighted by atomic mass is 10.1. The highest BCUT2D eigenvalue weighted by molar-refractivity contribution is 5.92. The number of carbonyl (C=O) groups is 1. The summed E-state index contributed by atoms with van der Waals surface area (Å²) in [5.74, 6) is 0.0406. The van der Waals surface area contributed by atoms with E-state index in [4.69, 9.17) is 5.11 Å². The molecule has 1 aliphatic heterocycles.